The molecule has 0 aliphatic heterocycles. The van der Waals surface area contributed by atoms with Gasteiger partial charge in [0.15, 0.2) is 0 Å². The summed E-state index contributed by atoms with van der Waals surface area (Å²) in [6.45, 7) is 14.7. The lowest BCUT2D eigenvalue weighted by molar-refractivity contribution is -0.127. The maximum Gasteiger partial charge on any atom is 0.133 e. The van der Waals surface area contributed by atoms with Gasteiger partial charge in [0.2, 0.25) is 0 Å². The molecule has 0 N–H and O–H groups in total. The van der Waals surface area contributed by atoms with E-state index in [9.17, 15) is 4.79 Å². The minimum absolute atomic E-state index is 0.381. The highest BCUT2D eigenvalue weighted by molar-refractivity contribution is 5.79. The summed E-state index contributed by atoms with van der Waals surface area (Å²) in [5, 5.41) is 0. The van der Waals surface area contributed by atoms with Gasteiger partial charge in [0.05, 0.1) is 0 Å². The van der Waals surface area contributed by atoms with Crippen LogP contribution in [0.2, 0.25) is 0 Å². The fraction of sp³-hybridized carbons (Fsp3) is 0.828. The van der Waals surface area contributed by atoms with Crippen molar-refractivity contribution in [2.45, 2.75) is 92.9 Å². The second-order valence-electron chi connectivity index (χ2n) is 12.1. The van der Waals surface area contributed by atoms with Gasteiger partial charge in [-0.2, -0.15) is 0 Å². The SMILES string of the molecule is CCC(C=CC(C)C1CCC2C3=CCC4CC(=O)CCC4(C)C3CC(C)C21)C(C)C. The van der Waals surface area contributed by atoms with Crippen molar-refractivity contribution in [3.63, 3.8) is 0 Å². The minimum atomic E-state index is 0.381. The number of carbonyl (C=O) groups is 1. The van der Waals surface area contributed by atoms with Crippen molar-refractivity contribution < 1.29 is 4.79 Å². The van der Waals surface area contributed by atoms with Gasteiger partial charge in [-0.15, -0.1) is 0 Å². The van der Waals surface area contributed by atoms with Gasteiger partial charge in [-0.05, 0) is 97.2 Å². The maximum absolute atomic E-state index is 12.1. The highest BCUT2D eigenvalue weighted by Crippen LogP contribution is 2.63. The predicted octanol–water partition coefficient (Wildman–Crippen LogP) is 7.86. The molecule has 9 unspecified atom stereocenters. The molecule has 0 aromatic heterocycles. The van der Waals surface area contributed by atoms with E-state index in [1.54, 1.807) is 0 Å². The van der Waals surface area contributed by atoms with E-state index >= 15 is 0 Å². The Morgan fingerprint density at radius 3 is 2.67 bits per heavy atom. The van der Waals surface area contributed by atoms with Gasteiger partial charge >= 0.3 is 0 Å². The van der Waals surface area contributed by atoms with E-state index < -0.39 is 0 Å². The Labute approximate surface area is 186 Å². The lowest BCUT2D eigenvalue weighted by Crippen LogP contribution is -2.48. The van der Waals surface area contributed by atoms with Crippen LogP contribution in [-0.2, 0) is 4.79 Å². The van der Waals surface area contributed by atoms with Gasteiger partial charge in [-0.1, -0.05) is 65.3 Å². The second-order valence-corrected chi connectivity index (χ2v) is 12.1. The summed E-state index contributed by atoms with van der Waals surface area (Å²) in [4.78, 5) is 12.1. The Hall–Kier alpha value is -0.850. The number of hydrogen-bond acceptors (Lipinski definition) is 1. The van der Waals surface area contributed by atoms with Crippen LogP contribution in [0, 0.1) is 58.7 Å². The monoisotopic (exact) mass is 410 g/mol. The summed E-state index contributed by atoms with van der Waals surface area (Å²) in [6.07, 6.45) is 17.2. The molecule has 0 aromatic carbocycles. The summed E-state index contributed by atoms with van der Waals surface area (Å²) in [5.41, 5.74) is 2.21. The van der Waals surface area contributed by atoms with Crippen LogP contribution in [0.3, 0.4) is 0 Å². The quantitative estimate of drug-likeness (QED) is 0.421. The molecular formula is C29H46O. The number of fused-ring (bicyclic) bond motifs is 5. The number of allylic oxidation sites excluding steroid dienone is 4. The third-order valence-electron chi connectivity index (χ3n) is 10.3. The molecule has 1 nitrogen and oxygen atoms in total. The molecule has 0 radical (unpaired) electrons. The largest absolute Gasteiger partial charge is 0.300 e. The summed E-state index contributed by atoms with van der Waals surface area (Å²) in [7, 11) is 0. The number of carbonyl (C=O) groups excluding carboxylic acids is 1. The average molecular weight is 411 g/mol. The molecule has 9 atom stereocenters. The van der Waals surface area contributed by atoms with Crippen LogP contribution < -0.4 is 0 Å². The van der Waals surface area contributed by atoms with Crippen LogP contribution in [-0.4, -0.2) is 5.78 Å². The van der Waals surface area contributed by atoms with Crippen molar-refractivity contribution in [2.24, 2.45) is 58.7 Å². The molecule has 1 heteroatoms. The van der Waals surface area contributed by atoms with Crippen molar-refractivity contribution in [1.29, 1.82) is 0 Å². The van der Waals surface area contributed by atoms with E-state index in [2.05, 4.69) is 59.8 Å². The summed E-state index contributed by atoms with van der Waals surface area (Å²) < 4.78 is 0. The first kappa shape index (κ1) is 22.3. The van der Waals surface area contributed by atoms with E-state index in [-0.39, 0.29) is 0 Å². The zero-order chi connectivity index (χ0) is 21.6. The molecule has 0 saturated heterocycles. The second kappa shape index (κ2) is 8.59. The number of hydrogen-bond donors (Lipinski definition) is 0. The molecular weight excluding hydrogens is 364 g/mol. The Morgan fingerprint density at radius 1 is 1.20 bits per heavy atom. The minimum Gasteiger partial charge on any atom is -0.300 e. The molecule has 3 saturated carbocycles. The molecule has 0 spiro atoms. The van der Waals surface area contributed by atoms with Gasteiger partial charge < -0.3 is 0 Å². The first-order chi connectivity index (χ1) is 14.3. The molecule has 0 aromatic rings. The Bertz CT molecular complexity index is 699. The van der Waals surface area contributed by atoms with Crippen molar-refractivity contribution in [3.05, 3.63) is 23.8 Å². The molecule has 0 amide bonds. The van der Waals surface area contributed by atoms with Crippen molar-refractivity contribution in [2.75, 3.05) is 0 Å². The maximum atomic E-state index is 12.1. The third kappa shape index (κ3) is 3.77. The van der Waals surface area contributed by atoms with Gasteiger partial charge in [0, 0.05) is 12.8 Å². The number of Topliss-reactive ketones (excluding diaryl/α,β-unsaturated/α-hetero) is 1. The number of ketones is 1. The van der Waals surface area contributed by atoms with Crippen molar-refractivity contribution in [3.8, 4) is 0 Å². The number of rotatable bonds is 5. The normalized spacial score (nSPS) is 43.2. The Balaban J connectivity index is 1.53. The third-order valence-corrected chi connectivity index (χ3v) is 10.3. The fourth-order valence-corrected chi connectivity index (χ4v) is 8.35. The first-order valence-electron chi connectivity index (χ1n) is 13.2. The molecule has 4 rings (SSSR count). The summed E-state index contributed by atoms with van der Waals surface area (Å²) in [6, 6.07) is 0. The predicted molar refractivity (Wildman–Crippen MR) is 127 cm³/mol. The van der Waals surface area contributed by atoms with Gasteiger partial charge in [-0.3, -0.25) is 4.79 Å². The van der Waals surface area contributed by atoms with E-state index in [0.717, 1.165) is 60.7 Å². The van der Waals surface area contributed by atoms with Crippen LogP contribution >= 0.6 is 0 Å². The van der Waals surface area contributed by atoms with E-state index in [0.29, 0.717) is 23.0 Å². The molecule has 4 aliphatic carbocycles. The standard InChI is InChI=1S/C29H46O/c1-7-21(18(2)3)9-8-19(4)24-12-13-26-25-11-10-22-17-23(30)14-15-29(22,6)27(25)16-20(5)28(24)26/h8-9,11,18-22,24,26-28H,7,10,12-17H2,1-6H3. The fourth-order valence-electron chi connectivity index (χ4n) is 8.35. The van der Waals surface area contributed by atoms with Crippen molar-refractivity contribution >= 4 is 5.78 Å². The van der Waals surface area contributed by atoms with E-state index in [4.69, 9.17) is 0 Å². The van der Waals surface area contributed by atoms with Crippen molar-refractivity contribution in [1.82, 2.24) is 0 Å². The van der Waals surface area contributed by atoms with E-state index in [1.165, 1.54) is 32.1 Å². The summed E-state index contributed by atoms with van der Waals surface area (Å²) >= 11 is 0. The lowest BCUT2D eigenvalue weighted by Gasteiger charge is -2.56. The highest BCUT2D eigenvalue weighted by atomic mass is 16.1. The Kier molecular flexibility index (Phi) is 6.40. The lowest BCUT2D eigenvalue weighted by atomic mass is 9.49. The van der Waals surface area contributed by atoms with Gasteiger partial charge in [-0.25, -0.2) is 0 Å². The Morgan fingerprint density at radius 2 is 1.97 bits per heavy atom. The molecule has 0 heterocycles. The molecule has 4 aliphatic rings. The molecule has 168 valence electrons. The highest BCUT2D eigenvalue weighted by Gasteiger charge is 2.55. The first-order valence-corrected chi connectivity index (χ1v) is 13.2. The summed E-state index contributed by atoms with van der Waals surface area (Å²) in [5.74, 6) is 7.41. The van der Waals surface area contributed by atoms with Crippen LogP contribution in [0.25, 0.3) is 0 Å². The topological polar surface area (TPSA) is 17.1 Å². The van der Waals surface area contributed by atoms with Crippen LogP contribution in [0.5, 0.6) is 0 Å². The average Bonchev–Trinajstić information content (AvgIpc) is 3.15. The van der Waals surface area contributed by atoms with Crippen LogP contribution in [0.15, 0.2) is 23.8 Å². The molecule has 3 fully saturated rings. The van der Waals surface area contributed by atoms with Gasteiger partial charge in [0.25, 0.3) is 0 Å². The van der Waals surface area contributed by atoms with E-state index in [1.807, 2.05) is 5.57 Å². The smallest absolute Gasteiger partial charge is 0.133 e. The molecule has 0 bridgehead atoms. The van der Waals surface area contributed by atoms with Gasteiger partial charge in [0.1, 0.15) is 5.78 Å². The zero-order valence-electron chi connectivity index (χ0n) is 20.5. The zero-order valence-corrected chi connectivity index (χ0v) is 20.5. The molecule has 30 heavy (non-hydrogen) atoms. The van der Waals surface area contributed by atoms with Crippen LogP contribution in [0.4, 0.5) is 0 Å². The van der Waals surface area contributed by atoms with Crippen LogP contribution in [0.1, 0.15) is 92.9 Å².